The number of nitrogens with zero attached hydrogens (tertiary/aromatic N) is 2. The van der Waals surface area contributed by atoms with Crippen LogP contribution in [0.1, 0.15) is 12.0 Å². The highest BCUT2D eigenvalue weighted by Crippen LogP contribution is 2.23. The molecule has 0 saturated heterocycles. The van der Waals surface area contributed by atoms with Crippen molar-refractivity contribution in [2.24, 2.45) is 0 Å². The van der Waals surface area contributed by atoms with Gasteiger partial charge in [0.05, 0.1) is 11.0 Å². The zero-order valence-corrected chi connectivity index (χ0v) is 12.5. The average Bonchev–Trinajstić information content (AvgIpc) is 2.80. The quantitative estimate of drug-likeness (QED) is 0.715. The molecule has 0 spiro atoms. The monoisotopic (exact) mass is 319 g/mol. The molecule has 23 heavy (non-hydrogen) atoms. The van der Waals surface area contributed by atoms with Gasteiger partial charge in [0.2, 0.25) is 0 Å². The van der Waals surface area contributed by atoms with Gasteiger partial charge in [0.1, 0.15) is 0 Å². The van der Waals surface area contributed by atoms with Crippen molar-refractivity contribution >= 4 is 23.0 Å². The first kappa shape index (κ1) is 16.3. The Bertz CT molecular complexity index is 815. The maximum atomic E-state index is 12.0. The fraction of sp³-hybridized carbons (Fsp3) is 0.267. The van der Waals surface area contributed by atoms with Crippen molar-refractivity contribution in [1.29, 1.82) is 0 Å². The molecule has 0 unspecified atom stereocenters. The van der Waals surface area contributed by atoms with Gasteiger partial charge in [-0.05, 0) is 24.5 Å². The lowest BCUT2D eigenvalue weighted by Gasteiger charge is -2.12. The van der Waals surface area contributed by atoms with E-state index in [1.165, 1.54) is 5.56 Å². The van der Waals surface area contributed by atoms with E-state index < -0.39 is 11.9 Å². The first-order chi connectivity index (χ1) is 11.0. The second kappa shape index (κ2) is 6.82. The van der Waals surface area contributed by atoms with Crippen LogP contribution in [-0.4, -0.2) is 38.4 Å². The number of carboxylic acids is 2. The van der Waals surface area contributed by atoms with Crippen LogP contribution in [0.3, 0.4) is 0 Å². The SMILES string of the molecule is CNn1c(=O)n2c3c(cccc31)CCC2.O=C(O)/C=C\C(=O)O. The van der Waals surface area contributed by atoms with Gasteiger partial charge < -0.3 is 15.6 Å². The Labute approximate surface area is 131 Å². The fourth-order valence-electron chi connectivity index (χ4n) is 2.58. The van der Waals surface area contributed by atoms with Gasteiger partial charge in [-0.3, -0.25) is 4.57 Å². The van der Waals surface area contributed by atoms with Crippen LogP contribution in [0.2, 0.25) is 0 Å². The summed E-state index contributed by atoms with van der Waals surface area (Å²) in [6, 6.07) is 6.11. The summed E-state index contributed by atoms with van der Waals surface area (Å²) in [4.78, 5) is 31.1. The minimum atomic E-state index is -1.26. The highest BCUT2D eigenvalue weighted by atomic mass is 16.4. The number of hydrogen-bond donors (Lipinski definition) is 3. The molecule has 0 fully saturated rings. The van der Waals surface area contributed by atoms with Crippen molar-refractivity contribution in [3.05, 3.63) is 46.4 Å². The van der Waals surface area contributed by atoms with Gasteiger partial charge in [-0.1, -0.05) is 12.1 Å². The smallest absolute Gasteiger partial charge is 0.347 e. The van der Waals surface area contributed by atoms with Crippen molar-refractivity contribution in [2.75, 3.05) is 12.5 Å². The fourth-order valence-corrected chi connectivity index (χ4v) is 2.58. The number of aliphatic carboxylic acids is 2. The molecule has 0 bridgehead atoms. The van der Waals surface area contributed by atoms with Gasteiger partial charge in [0, 0.05) is 25.7 Å². The summed E-state index contributed by atoms with van der Waals surface area (Å²) >= 11 is 0. The van der Waals surface area contributed by atoms with Crippen LogP contribution in [0.4, 0.5) is 0 Å². The molecule has 0 radical (unpaired) electrons. The first-order valence-corrected chi connectivity index (χ1v) is 7.00. The zero-order valence-electron chi connectivity index (χ0n) is 12.5. The molecule has 0 atom stereocenters. The minimum absolute atomic E-state index is 0.0413. The number of para-hydroxylation sites is 1. The summed E-state index contributed by atoms with van der Waals surface area (Å²) in [6.07, 6.45) is 3.24. The summed E-state index contributed by atoms with van der Waals surface area (Å²) < 4.78 is 3.48. The zero-order chi connectivity index (χ0) is 17.0. The van der Waals surface area contributed by atoms with Gasteiger partial charge in [0.15, 0.2) is 0 Å². The molecule has 122 valence electrons. The van der Waals surface area contributed by atoms with E-state index in [0.717, 1.165) is 30.4 Å². The van der Waals surface area contributed by atoms with Crippen LogP contribution < -0.4 is 11.1 Å². The number of imidazole rings is 1. The molecule has 8 nitrogen and oxygen atoms in total. The van der Waals surface area contributed by atoms with Gasteiger partial charge in [-0.15, -0.1) is 0 Å². The minimum Gasteiger partial charge on any atom is -0.478 e. The van der Waals surface area contributed by atoms with Gasteiger partial charge >= 0.3 is 17.6 Å². The predicted octanol–water partition coefficient (Wildman–Crippen LogP) is 0.634. The maximum absolute atomic E-state index is 12.0. The summed E-state index contributed by atoms with van der Waals surface area (Å²) in [7, 11) is 1.77. The second-order valence-electron chi connectivity index (χ2n) is 4.89. The number of rotatable bonds is 3. The lowest BCUT2D eigenvalue weighted by Crippen LogP contribution is -2.29. The number of aromatic nitrogens is 2. The van der Waals surface area contributed by atoms with Crippen molar-refractivity contribution in [3.63, 3.8) is 0 Å². The van der Waals surface area contributed by atoms with Crippen LogP contribution in [0.25, 0.3) is 11.0 Å². The van der Waals surface area contributed by atoms with E-state index >= 15 is 0 Å². The molecular formula is C15H17N3O5. The van der Waals surface area contributed by atoms with Crippen LogP contribution in [0.15, 0.2) is 35.1 Å². The van der Waals surface area contributed by atoms with Crippen molar-refractivity contribution < 1.29 is 19.8 Å². The Hall–Kier alpha value is -3.03. The Morgan fingerprint density at radius 2 is 1.87 bits per heavy atom. The molecule has 1 aliphatic rings. The van der Waals surface area contributed by atoms with Crippen LogP contribution >= 0.6 is 0 Å². The third kappa shape index (κ3) is 3.42. The number of nitrogens with one attached hydrogen (secondary N) is 1. The van der Waals surface area contributed by atoms with E-state index in [-0.39, 0.29) is 5.69 Å². The predicted molar refractivity (Wildman–Crippen MR) is 84.2 cm³/mol. The lowest BCUT2D eigenvalue weighted by molar-refractivity contribution is -0.134. The molecule has 3 rings (SSSR count). The lowest BCUT2D eigenvalue weighted by atomic mass is 10.1. The highest BCUT2D eigenvalue weighted by molar-refractivity contribution is 5.89. The Kier molecular flexibility index (Phi) is 4.85. The van der Waals surface area contributed by atoms with E-state index in [2.05, 4.69) is 11.5 Å². The number of carboxylic acid groups (broad SMARTS) is 2. The van der Waals surface area contributed by atoms with E-state index in [4.69, 9.17) is 10.2 Å². The Morgan fingerprint density at radius 1 is 1.22 bits per heavy atom. The molecule has 2 heterocycles. The second-order valence-corrected chi connectivity index (χ2v) is 4.89. The molecule has 1 aromatic carbocycles. The van der Waals surface area contributed by atoms with Crippen molar-refractivity contribution in [3.8, 4) is 0 Å². The van der Waals surface area contributed by atoms with Crippen LogP contribution in [-0.2, 0) is 22.6 Å². The van der Waals surface area contributed by atoms with Crippen LogP contribution in [0.5, 0.6) is 0 Å². The van der Waals surface area contributed by atoms with E-state index in [0.29, 0.717) is 12.2 Å². The summed E-state index contributed by atoms with van der Waals surface area (Å²) in [6.45, 7) is 0.834. The third-order valence-corrected chi connectivity index (χ3v) is 3.45. The number of benzene rings is 1. The Balaban J connectivity index is 0.000000207. The number of aryl methyl sites for hydroxylation is 2. The number of carbonyl (C=O) groups is 2. The van der Waals surface area contributed by atoms with Gasteiger partial charge in [-0.25, -0.2) is 19.1 Å². The highest BCUT2D eigenvalue weighted by Gasteiger charge is 2.18. The molecule has 1 aliphatic heterocycles. The normalized spacial score (nSPS) is 12.7. The molecular weight excluding hydrogens is 302 g/mol. The maximum Gasteiger partial charge on any atom is 0.347 e. The Morgan fingerprint density at radius 3 is 2.43 bits per heavy atom. The summed E-state index contributed by atoms with van der Waals surface area (Å²) in [5.41, 5.74) is 6.34. The molecule has 3 N–H and O–H groups in total. The molecule has 0 amide bonds. The first-order valence-electron chi connectivity index (χ1n) is 7.00. The van der Waals surface area contributed by atoms with Crippen molar-refractivity contribution in [2.45, 2.75) is 19.4 Å². The third-order valence-electron chi connectivity index (χ3n) is 3.45. The van der Waals surface area contributed by atoms with E-state index in [1.807, 2.05) is 16.7 Å². The van der Waals surface area contributed by atoms with Crippen LogP contribution in [0, 0.1) is 0 Å². The molecule has 0 saturated carbocycles. The standard InChI is InChI=1S/C11H13N3O.C4H4O4/c1-12-14-9-6-2-4-8-5-3-7-13(10(8)9)11(14)15;5-3(6)1-2-4(7)8/h2,4,6,12H,3,5,7H2,1H3;1-2H,(H,5,6)(H,7,8)/b;2-1-. The largest absolute Gasteiger partial charge is 0.478 e. The molecule has 8 heteroatoms. The molecule has 1 aromatic heterocycles. The molecule has 2 aromatic rings. The van der Waals surface area contributed by atoms with Gasteiger partial charge in [0.25, 0.3) is 0 Å². The topological polar surface area (TPSA) is 114 Å². The van der Waals surface area contributed by atoms with Gasteiger partial charge in [-0.2, -0.15) is 0 Å². The average molecular weight is 319 g/mol. The van der Waals surface area contributed by atoms with Crippen molar-refractivity contribution in [1.82, 2.24) is 9.24 Å². The summed E-state index contributed by atoms with van der Waals surface area (Å²) in [5, 5.41) is 15.6. The van der Waals surface area contributed by atoms with E-state index in [1.54, 1.807) is 11.7 Å². The van der Waals surface area contributed by atoms with E-state index in [9.17, 15) is 14.4 Å². The summed E-state index contributed by atoms with van der Waals surface area (Å²) in [5.74, 6) is -2.51. The molecule has 0 aliphatic carbocycles. The number of hydrogen-bond acceptors (Lipinski definition) is 4.